The molecule has 1 aromatic carbocycles. The monoisotopic (exact) mass is 533 g/mol. The number of likely N-dealkylation sites (tertiary alicyclic amines) is 1. The minimum absolute atomic E-state index is 0.0618. The molecule has 0 saturated carbocycles. The number of hydrogen-bond donors (Lipinski definition) is 2. The van der Waals surface area contributed by atoms with Crippen molar-refractivity contribution in [1.29, 1.82) is 0 Å². The Morgan fingerprint density at radius 1 is 1.32 bits per heavy atom. The normalized spacial score (nSPS) is 16.2. The summed E-state index contributed by atoms with van der Waals surface area (Å²) in [6.07, 6.45) is 7.62. The van der Waals surface area contributed by atoms with Gasteiger partial charge in [-0.15, -0.1) is 0 Å². The molecule has 1 saturated heterocycles. The lowest BCUT2D eigenvalue weighted by Crippen LogP contribution is -2.38. The predicted molar refractivity (Wildman–Crippen MR) is 145 cm³/mol. The van der Waals surface area contributed by atoms with Crippen molar-refractivity contribution in [1.82, 2.24) is 19.8 Å². The van der Waals surface area contributed by atoms with Crippen molar-refractivity contribution >= 4 is 34.8 Å². The minimum atomic E-state index is -0.178. The molecule has 2 aromatic heterocycles. The molecule has 0 unspecified atom stereocenters. The third-order valence-electron chi connectivity index (χ3n) is 6.75. The number of benzene rings is 1. The van der Waals surface area contributed by atoms with Gasteiger partial charge in [-0.05, 0) is 43.9 Å². The van der Waals surface area contributed by atoms with Crippen molar-refractivity contribution in [3.8, 4) is 29.0 Å². The second kappa shape index (κ2) is 11.1. The number of para-hydroxylation sites is 1. The highest BCUT2D eigenvalue weighted by molar-refractivity contribution is 6.32. The summed E-state index contributed by atoms with van der Waals surface area (Å²) in [4.78, 5) is 31.4. The number of halogens is 1. The lowest BCUT2D eigenvalue weighted by atomic mass is 10.1. The van der Waals surface area contributed by atoms with E-state index in [4.69, 9.17) is 21.1 Å². The number of fused-ring (bicyclic) bond motifs is 1. The fourth-order valence-electron chi connectivity index (χ4n) is 5.02. The average molecular weight is 534 g/mol. The number of ether oxygens (including phenoxy) is 2. The molecule has 0 aliphatic carbocycles. The highest BCUT2D eigenvalue weighted by Gasteiger charge is 2.30. The molecule has 0 radical (unpaired) electrons. The van der Waals surface area contributed by atoms with E-state index < -0.39 is 0 Å². The molecule has 2 N–H and O–H groups in total. The Balaban J connectivity index is 1.48. The van der Waals surface area contributed by atoms with Crippen LogP contribution in [0, 0.1) is 11.8 Å². The molecule has 2 aliphatic rings. The summed E-state index contributed by atoms with van der Waals surface area (Å²) in [7, 11) is 1.55. The Morgan fingerprint density at radius 3 is 3.00 bits per heavy atom. The van der Waals surface area contributed by atoms with Crippen LogP contribution in [0.25, 0.3) is 5.69 Å². The van der Waals surface area contributed by atoms with Crippen LogP contribution in [0.5, 0.6) is 11.5 Å². The molecule has 0 bridgehead atoms. The van der Waals surface area contributed by atoms with Gasteiger partial charge in [0.05, 0.1) is 47.0 Å². The first-order valence-electron chi connectivity index (χ1n) is 12.4. The molecule has 2 aliphatic heterocycles. The third kappa shape index (κ3) is 4.87. The maximum absolute atomic E-state index is 13.0. The van der Waals surface area contributed by atoms with E-state index in [1.54, 1.807) is 37.4 Å². The van der Waals surface area contributed by atoms with Crippen LogP contribution in [0.1, 0.15) is 35.8 Å². The summed E-state index contributed by atoms with van der Waals surface area (Å²) >= 11 is 6.32. The zero-order valence-electron chi connectivity index (χ0n) is 21.2. The standard InChI is InChI=1S/C28H28ClN5O4/c1-3-6-25(35)33-14-5-7-18(33)17-38-24-15-30-12-10-22(24)34-16-21(26-23(34)11-13-31-28(26)36)32-20-9-4-8-19(29)27(20)37-2/h4,8-10,12,15-16,18,32H,5,7,11,13-14,17H2,1-2H3,(H,31,36)/t18-/m0/s1. The van der Waals surface area contributed by atoms with E-state index in [1.807, 2.05) is 29.0 Å². The van der Waals surface area contributed by atoms with Gasteiger partial charge in [0.25, 0.3) is 11.8 Å². The first kappa shape index (κ1) is 25.5. The van der Waals surface area contributed by atoms with Crippen LogP contribution in [0.2, 0.25) is 5.02 Å². The molecule has 196 valence electrons. The first-order chi connectivity index (χ1) is 18.5. The average Bonchev–Trinajstić information content (AvgIpc) is 3.54. The Labute approximate surface area is 226 Å². The topological polar surface area (TPSA) is 97.7 Å². The highest BCUT2D eigenvalue weighted by atomic mass is 35.5. The quantitative estimate of drug-likeness (QED) is 0.446. The number of carbonyl (C=O) groups excluding carboxylic acids is 2. The minimum Gasteiger partial charge on any atom is -0.493 e. The second-order valence-electron chi connectivity index (χ2n) is 9.01. The van der Waals surface area contributed by atoms with E-state index in [2.05, 4.69) is 27.5 Å². The molecular weight excluding hydrogens is 506 g/mol. The van der Waals surface area contributed by atoms with Gasteiger partial charge in [0, 0.05) is 37.6 Å². The van der Waals surface area contributed by atoms with Gasteiger partial charge >= 0.3 is 0 Å². The van der Waals surface area contributed by atoms with E-state index in [9.17, 15) is 9.59 Å². The van der Waals surface area contributed by atoms with Gasteiger partial charge in [-0.1, -0.05) is 23.6 Å². The molecule has 10 heteroatoms. The molecule has 3 aromatic rings. The van der Waals surface area contributed by atoms with E-state index >= 15 is 0 Å². The molecule has 5 rings (SSSR count). The van der Waals surface area contributed by atoms with Crippen LogP contribution < -0.4 is 20.1 Å². The first-order valence-corrected chi connectivity index (χ1v) is 12.8. The van der Waals surface area contributed by atoms with Gasteiger partial charge in [-0.3, -0.25) is 14.6 Å². The summed E-state index contributed by atoms with van der Waals surface area (Å²) in [5, 5.41) is 6.73. The van der Waals surface area contributed by atoms with Crippen molar-refractivity contribution in [2.45, 2.75) is 32.2 Å². The maximum atomic E-state index is 13.0. The summed E-state index contributed by atoms with van der Waals surface area (Å²) in [5.74, 6) is 6.02. The molecule has 2 amide bonds. The number of pyridine rings is 1. The van der Waals surface area contributed by atoms with Crippen LogP contribution in [0.3, 0.4) is 0 Å². The SMILES string of the molecule is CC#CC(=O)N1CCC[C@H]1COc1cnccc1-n1cc(Nc2cccc(Cl)c2OC)c2c1CCNC2=O. The maximum Gasteiger partial charge on any atom is 0.298 e. The number of nitrogens with one attached hydrogen (secondary N) is 2. The number of amides is 2. The second-order valence-corrected chi connectivity index (χ2v) is 9.42. The van der Waals surface area contributed by atoms with Crippen molar-refractivity contribution in [3.63, 3.8) is 0 Å². The van der Waals surface area contributed by atoms with Gasteiger partial charge in [-0.25, -0.2) is 0 Å². The van der Waals surface area contributed by atoms with E-state index in [0.29, 0.717) is 59.6 Å². The van der Waals surface area contributed by atoms with Crippen molar-refractivity contribution in [3.05, 3.63) is 59.1 Å². The molecule has 1 fully saturated rings. The molecular formula is C28H28ClN5O4. The van der Waals surface area contributed by atoms with Crippen LogP contribution in [0.15, 0.2) is 42.9 Å². The molecule has 1 atom stereocenters. The van der Waals surface area contributed by atoms with Crippen molar-refractivity contribution in [2.75, 3.05) is 32.1 Å². The van der Waals surface area contributed by atoms with Crippen LogP contribution in [0.4, 0.5) is 11.4 Å². The Kier molecular flexibility index (Phi) is 7.43. The Bertz CT molecular complexity index is 1440. The van der Waals surface area contributed by atoms with Crippen LogP contribution in [-0.2, 0) is 11.2 Å². The smallest absolute Gasteiger partial charge is 0.298 e. The molecule has 38 heavy (non-hydrogen) atoms. The van der Waals surface area contributed by atoms with Gasteiger partial charge in [-0.2, -0.15) is 0 Å². The fraction of sp³-hybridized carbons (Fsp3) is 0.321. The number of methoxy groups -OCH3 is 1. The van der Waals surface area contributed by atoms with E-state index in [0.717, 1.165) is 24.2 Å². The van der Waals surface area contributed by atoms with Crippen molar-refractivity contribution < 1.29 is 19.1 Å². The summed E-state index contributed by atoms with van der Waals surface area (Å²) in [6.45, 7) is 3.17. The summed E-state index contributed by atoms with van der Waals surface area (Å²) in [5.41, 5.74) is 3.41. The largest absolute Gasteiger partial charge is 0.493 e. The predicted octanol–water partition coefficient (Wildman–Crippen LogP) is 3.96. The van der Waals surface area contributed by atoms with Crippen molar-refractivity contribution in [2.24, 2.45) is 0 Å². The van der Waals surface area contributed by atoms with Crippen LogP contribution in [-0.4, -0.2) is 59.1 Å². The Morgan fingerprint density at radius 2 is 2.18 bits per heavy atom. The lowest BCUT2D eigenvalue weighted by Gasteiger charge is -2.23. The van der Waals surface area contributed by atoms with E-state index in [-0.39, 0.29) is 17.9 Å². The lowest BCUT2D eigenvalue weighted by molar-refractivity contribution is -0.126. The molecule has 9 nitrogen and oxygen atoms in total. The van der Waals surface area contributed by atoms with E-state index in [1.165, 1.54) is 0 Å². The number of rotatable bonds is 7. The van der Waals surface area contributed by atoms with Gasteiger partial charge in [0.2, 0.25) is 0 Å². The fourth-order valence-corrected chi connectivity index (χ4v) is 5.27. The highest BCUT2D eigenvalue weighted by Crippen LogP contribution is 2.38. The number of hydrogen-bond acceptors (Lipinski definition) is 6. The van der Waals surface area contributed by atoms with Gasteiger partial charge in [0.1, 0.15) is 6.61 Å². The van der Waals surface area contributed by atoms with Gasteiger partial charge < -0.3 is 29.6 Å². The number of aromatic nitrogens is 2. The summed E-state index contributed by atoms with van der Waals surface area (Å²) in [6, 6.07) is 7.19. The van der Waals surface area contributed by atoms with Crippen LogP contribution >= 0.6 is 11.6 Å². The molecule has 4 heterocycles. The van der Waals surface area contributed by atoms with Gasteiger partial charge in [0.15, 0.2) is 11.5 Å². The zero-order valence-corrected chi connectivity index (χ0v) is 22.0. The third-order valence-corrected chi connectivity index (χ3v) is 7.04. The number of anilines is 2. The number of carbonyl (C=O) groups is 2. The molecule has 0 spiro atoms. The zero-order chi connectivity index (χ0) is 26.6. The summed E-state index contributed by atoms with van der Waals surface area (Å²) < 4.78 is 13.7. The Hall–Kier alpha value is -4.16. The number of nitrogens with zero attached hydrogens (tertiary/aromatic N) is 3.